The lowest BCUT2D eigenvalue weighted by atomic mass is 9.86. The SMILES string of the molecule is CC(C)CC1(CO)CCCN1C(=O)c1cncc2ccccc12. The fraction of sp³-hybridized carbons (Fsp3) is 0.474. The number of hydrogen-bond acceptors (Lipinski definition) is 3. The Morgan fingerprint density at radius 1 is 1.35 bits per heavy atom. The number of benzene rings is 1. The minimum absolute atomic E-state index is 0.0125. The minimum atomic E-state index is -0.428. The third-order valence-electron chi connectivity index (χ3n) is 4.82. The molecule has 23 heavy (non-hydrogen) atoms. The van der Waals surface area contributed by atoms with Gasteiger partial charge in [0.05, 0.1) is 17.7 Å². The van der Waals surface area contributed by atoms with E-state index < -0.39 is 5.54 Å². The van der Waals surface area contributed by atoms with Crippen LogP contribution in [-0.4, -0.2) is 39.6 Å². The first-order chi connectivity index (χ1) is 11.1. The lowest BCUT2D eigenvalue weighted by Gasteiger charge is -2.38. The molecular weight excluding hydrogens is 288 g/mol. The summed E-state index contributed by atoms with van der Waals surface area (Å²) in [6.07, 6.45) is 6.07. The van der Waals surface area contributed by atoms with E-state index in [2.05, 4.69) is 18.8 Å². The monoisotopic (exact) mass is 312 g/mol. The van der Waals surface area contributed by atoms with Gasteiger partial charge in [-0.1, -0.05) is 38.1 Å². The van der Waals surface area contributed by atoms with Gasteiger partial charge >= 0.3 is 0 Å². The number of aromatic nitrogens is 1. The number of hydrogen-bond donors (Lipinski definition) is 1. The van der Waals surface area contributed by atoms with Crippen molar-refractivity contribution in [3.05, 3.63) is 42.2 Å². The van der Waals surface area contributed by atoms with E-state index in [0.29, 0.717) is 18.0 Å². The van der Waals surface area contributed by atoms with Gasteiger partial charge in [-0.2, -0.15) is 0 Å². The molecule has 1 unspecified atom stereocenters. The summed E-state index contributed by atoms with van der Waals surface area (Å²) in [7, 11) is 0. The zero-order chi connectivity index (χ0) is 16.4. The Bertz CT molecular complexity index is 708. The highest BCUT2D eigenvalue weighted by Crippen LogP contribution is 2.36. The average Bonchev–Trinajstić information content (AvgIpc) is 2.97. The molecule has 1 fully saturated rings. The predicted molar refractivity (Wildman–Crippen MR) is 91.3 cm³/mol. The number of amides is 1. The van der Waals surface area contributed by atoms with Gasteiger partial charge in [-0.15, -0.1) is 0 Å². The smallest absolute Gasteiger partial charge is 0.256 e. The Kier molecular flexibility index (Phi) is 4.35. The second kappa shape index (κ2) is 6.28. The van der Waals surface area contributed by atoms with Crippen LogP contribution in [-0.2, 0) is 0 Å². The van der Waals surface area contributed by atoms with Crippen LogP contribution in [0.5, 0.6) is 0 Å². The minimum Gasteiger partial charge on any atom is -0.394 e. The van der Waals surface area contributed by atoms with E-state index >= 15 is 0 Å². The van der Waals surface area contributed by atoms with E-state index in [1.807, 2.05) is 29.2 Å². The van der Waals surface area contributed by atoms with Crippen LogP contribution >= 0.6 is 0 Å². The Balaban J connectivity index is 2.01. The highest BCUT2D eigenvalue weighted by molar-refractivity contribution is 6.06. The highest BCUT2D eigenvalue weighted by Gasteiger charge is 2.43. The summed E-state index contributed by atoms with van der Waals surface area (Å²) in [5.74, 6) is 0.419. The summed E-state index contributed by atoms with van der Waals surface area (Å²) in [6.45, 7) is 5.00. The molecule has 2 aromatic rings. The van der Waals surface area contributed by atoms with Crippen LogP contribution in [0.4, 0.5) is 0 Å². The number of nitrogens with zero attached hydrogens (tertiary/aromatic N) is 2. The quantitative estimate of drug-likeness (QED) is 0.943. The van der Waals surface area contributed by atoms with E-state index in [4.69, 9.17) is 0 Å². The van der Waals surface area contributed by atoms with Gasteiger partial charge in [-0.3, -0.25) is 9.78 Å². The first kappa shape index (κ1) is 15.9. The van der Waals surface area contributed by atoms with Crippen LogP contribution in [0.25, 0.3) is 10.8 Å². The van der Waals surface area contributed by atoms with Crippen LogP contribution in [0.1, 0.15) is 43.5 Å². The van der Waals surface area contributed by atoms with Crippen molar-refractivity contribution in [1.82, 2.24) is 9.88 Å². The molecule has 1 N–H and O–H groups in total. The number of aliphatic hydroxyl groups is 1. The van der Waals surface area contributed by atoms with Gasteiger partial charge in [0.1, 0.15) is 0 Å². The summed E-state index contributed by atoms with van der Waals surface area (Å²) in [4.78, 5) is 19.3. The highest BCUT2D eigenvalue weighted by atomic mass is 16.3. The molecule has 0 bridgehead atoms. The maximum atomic E-state index is 13.2. The zero-order valence-electron chi connectivity index (χ0n) is 13.8. The number of carbonyl (C=O) groups excluding carboxylic acids is 1. The largest absolute Gasteiger partial charge is 0.394 e. The van der Waals surface area contributed by atoms with Crippen molar-refractivity contribution in [2.24, 2.45) is 5.92 Å². The molecule has 3 rings (SSSR count). The number of likely N-dealkylation sites (tertiary alicyclic amines) is 1. The van der Waals surface area contributed by atoms with E-state index in [9.17, 15) is 9.90 Å². The standard InChI is InChI=1S/C19H24N2O2/c1-14(2)10-19(13-22)8-5-9-21(19)18(23)17-12-20-11-15-6-3-4-7-16(15)17/h3-4,6-7,11-12,14,22H,5,8-10,13H2,1-2H3. The van der Waals surface area contributed by atoms with Gasteiger partial charge < -0.3 is 10.0 Å². The van der Waals surface area contributed by atoms with Gasteiger partial charge in [-0.25, -0.2) is 0 Å². The number of rotatable bonds is 4. The van der Waals surface area contributed by atoms with Crippen LogP contribution in [0.2, 0.25) is 0 Å². The summed E-state index contributed by atoms with van der Waals surface area (Å²) in [5, 5.41) is 11.9. The molecule has 1 aliphatic heterocycles. The predicted octanol–water partition coefficient (Wildman–Crippen LogP) is 3.25. The molecule has 1 atom stereocenters. The van der Waals surface area contributed by atoms with Crippen molar-refractivity contribution in [1.29, 1.82) is 0 Å². The van der Waals surface area contributed by atoms with Gasteiger partial charge in [-0.05, 0) is 30.6 Å². The van der Waals surface area contributed by atoms with E-state index in [1.54, 1.807) is 12.4 Å². The zero-order valence-corrected chi connectivity index (χ0v) is 13.8. The molecule has 1 aliphatic rings. The molecule has 0 aliphatic carbocycles. The van der Waals surface area contributed by atoms with Crippen LogP contribution in [0.15, 0.2) is 36.7 Å². The topological polar surface area (TPSA) is 53.4 Å². The maximum absolute atomic E-state index is 13.2. The second-order valence-corrected chi connectivity index (χ2v) is 6.95. The lowest BCUT2D eigenvalue weighted by molar-refractivity contribution is 0.0334. The van der Waals surface area contributed by atoms with Crippen molar-refractivity contribution in [2.45, 2.75) is 38.6 Å². The second-order valence-electron chi connectivity index (χ2n) is 6.95. The molecule has 1 amide bonds. The van der Waals surface area contributed by atoms with Crippen molar-refractivity contribution < 1.29 is 9.90 Å². The van der Waals surface area contributed by atoms with Gasteiger partial charge in [0.15, 0.2) is 0 Å². The van der Waals surface area contributed by atoms with Gasteiger partial charge in [0, 0.05) is 24.3 Å². The fourth-order valence-electron chi connectivity index (χ4n) is 3.89. The van der Waals surface area contributed by atoms with Crippen molar-refractivity contribution in [3.8, 4) is 0 Å². The number of pyridine rings is 1. The summed E-state index contributed by atoms with van der Waals surface area (Å²) in [6, 6.07) is 7.82. The molecule has 2 heterocycles. The van der Waals surface area contributed by atoms with Crippen molar-refractivity contribution in [3.63, 3.8) is 0 Å². The summed E-state index contributed by atoms with van der Waals surface area (Å²) in [5.41, 5.74) is 0.203. The average molecular weight is 312 g/mol. The Labute approximate surface area is 137 Å². The molecule has 1 saturated heterocycles. The van der Waals surface area contributed by atoms with Crippen LogP contribution in [0.3, 0.4) is 0 Å². The molecule has 122 valence electrons. The first-order valence-electron chi connectivity index (χ1n) is 8.33. The molecule has 0 spiro atoms. The number of fused-ring (bicyclic) bond motifs is 1. The Morgan fingerprint density at radius 3 is 2.87 bits per heavy atom. The molecule has 0 radical (unpaired) electrons. The van der Waals surface area contributed by atoms with E-state index in [-0.39, 0.29) is 12.5 Å². The lowest BCUT2D eigenvalue weighted by Crippen LogP contribution is -2.51. The molecule has 1 aromatic carbocycles. The van der Waals surface area contributed by atoms with Crippen LogP contribution < -0.4 is 0 Å². The molecule has 1 aromatic heterocycles. The Hall–Kier alpha value is -1.94. The van der Waals surface area contributed by atoms with Crippen LogP contribution in [0, 0.1) is 5.92 Å². The van der Waals surface area contributed by atoms with Crippen molar-refractivity contribution in [2.75, 3.05) is 13.2 Å². The maximum Gasteiger partial charge on any atom is 0.256 e. The third kappa shape index (κ3) is 2.83. The molecule has 4 heteroatoms. The van der Waals surface area contributed by atoms with Gasteiger partial charge in [0.2, 0.25) is 0 Å². The van der Waals surface area contributed by atoms with E-state index in [0.717, 1.165) is 30.0 Å². The number of carbonyl (C=O) groups is 1. The third-order valence-corrected chi connectivity index (χ3v) is 4.82. The fourth-order valence-corrected chi connectivity index (χ4v) is 3.89. The number of aliphatic hydroxyl groups excluding tert-OH is 1. The van der Waals surface area contributed by atoms with Crippen molar-refractivity contribution >= 4 is 16.7 Å². The molecule has 0 saturated carbocycles. The van der Waals surface area contributed by atoms with Gasteiger partial charge in [0.25, 0.3) is 5.91 Å². The molecule has 4 nitrogen and oxygen atoms in total. The first-order valence-corrected chi connectivity index (χ1v) is 8.33. The summed E-state index contributed by atoms with van der Waals surface area (Å²) < 4.78 is 0. The Morgan fingerprint density at radius 2 is 2.13 bits per heavy atom. The summed E-state index contributed by atoms with van der Waals surface area (Å²) >= 11 is 0. The van der Waals surface area contributed by atoms with E-state index in [1.165, 1.54) is 0 Å². The molecular formula is C19H24N2O2. The normalized spacial score (nSPS) is 21.3.